The molecule has 3 amide bonds. The molecule has 0 bridgehead atoms. The molecule has 238 valence electrons. The number of nitrogen functional groups attached to an aromatic ring is 1. The molecule has 4 aliphatic rings. The number of imide groups is 1. The van der Waals surface area contributed by atoms with Gasteiger partial charge in [0.1, 0.15) is 23.2 Å². The quantitative estimate of drug-likeness (QED) is 0.425. The second kappa shape index (κ2) is 12.7. The highest BCUT2D eigenvalue weighted by Crippen LogP contribution is 2.41. The van der Waals surface area contributed by atoms with Crippen LogP contribution >= 0.6 is 0 Å². The number of nitrogens with one attached hydrogen (secondary N) is 2. The molecule has 4 N–H and O–H groups in total. The zero-order chi connectivity index (χ0) is 30.8. The fraction of sp³-hybridized carbons (Fsp3) is 0.645. The number of carbonyl (C=O) groups excluding carboxylic acids is 3. The highest BCUT2D eigenvalue weighted by molar-refractivity contribution is 6.12. The molecule has 3 fully saturated rings. The van der Waals surface area contributed by atoms with Crippen molar-refractivity contribution in [2.45, 2.75) is 102 Å². The number of carbonyl (C=O) groups is 3. The number of alkyl halides is 1. The average Bonchev–Trinajstić information content (AvgIpc) is 3.58. The Morgan fingerprint density at radius 3 is 2.34 bits per heavy atom. The molecule has 2 saturated heterocycles. The van der Waals surface area contributed by atoms with Crippen molar-refractivity contribution in [1.29, 1.82) is 0 Å². The number of pyridine rings is 1. The van der Waals surface area contributed by atoms with Crippen LogP contribution in [0.3, 0.4) is 0 Å². The molecule has 11 nitrogen and oxygen atoms in total. The molecule has 2 aromatic rings. The summed E-state index contributed by atoms with van der Waals surface area (Å²) in [5.41, 5.74) is 5.88. The molecule has 1 unspecified atom stereocenters. The van der Waals surface area contributed by atoms with Crippen LogP contribution in [0.2, 0.25) is 0 Å². The molecule has 13 heteroatoms. The van der Waals surface area contributed by atoms with Crippen LogP contribution in [0.15, 0.2) is 12.4 Å². The van der Waals surface area contributed by atoms with E-state index < -0.39 is 23.4 Å². The monoisotopic (exact) mass is 612 g/mol. The Morgan fingerprint density at radius 1 is 1.00 bits per heavy atom. The van der Waals surface area contributed by atoms with Gasteiger partial charge in [-0.1, -0.05) is 44.9 Å². The van der Waals surface area contributed by atoms with Gasteiger partial charge < -0.3 is 21.3 Å². The number of piperidine rings is 1. The van der Waals surface area contributed by atoms with Crippen LogP contribution in [0.1, 0.15) is 93.8 Å². The Balaban J connectivity index is 1.20. The van der Waals surface area contributed by atoms with Gasteiger partial charge in [0.25, 0.3) is 5.91 Å². The summed E-state index contributed by atoms with van der Waals surface area (Å²) >= 11 is 0. The number of likely N-dealkylation sites (tertiary alicyclic amines) is 1. The molecule has 1 atom stereocenters. The van der Waals surface area contributed by atoms with Crippen LogP contribution in [-0.2, 0) is 16.1 Å². The molecule has 1 aliphatic carbocycles. The van der Waals surface area contributed by atoms with Crippen molar-refractivity contribution < 1.29 is 23.2 Å². The molecule has 1 saturated carbocycles. The van der Waals surface area contributed by atoms with Gasteiger partial charge >= 0.3 is 0 Å². The second-order valence-corrected chi connectivity index (χ2v) is 12.7. The van der Waals surface area contributed by atoms with Crippen molar-refractivity contribution >= 4 is 40.7 Å². The number of nitrogens with two attached hydrogens (primary N) is 1. The summed E-state index contributed by atoms with van der Waals surface area (Å²) in [5.74, 6) is -1.44. The van der Waals surface area contributed by atoms with Gasteiger partial charge in [-0.2, -0.15) is 5.10 Å². The predicted octanol–water partition coefficient (Wildman–Crippen LogP) is 4.64. The standard InChI is InChI=1S/C31H42F2N8O3/c32-21-17-35-18-22(26(21)39-15-10-20(11-16-39)30(44)40-14-8-9-24(40)42)36-29(43)25-27(34)38-41-19-23(33)31(37-28(25)41)12-6-4-2-1-3-5-7-13-31/h17-18,20,23,37H,1-16,19H2,(H2,34,38)(H,36,43). The van der Waals surface area contributed by atoms with Crippen molar-refractivity contribution in [2.24, 2.45) is 5.92 Å². The van der Waals surface area contributed by atoms with Crippen molar-refractivity contribution in [1.82, 2.24) is 19.7 Å². The van der Waals surface area contributed by atoms with E-state index in [9.17, 15) is 14.4 Å². The van der Waals surface area contributed by atoms with Crippen LogP contribution in [0.4, 0.5) is 31.8 Å². The first-order valence-electron chi connectivity index (χ1n) is 16.1. The van der Waals surface area contributed by atoms with E-state index in [4.69, 9.17) is 5.73 Å². The molecule has 1 spiro atoms. The molecule has 6 rings (SSSR count). The van der Waals surface area contributed by atoms with Crippen molar-refractivity contribution in [3.63, 3.8) is 0 Å². The smallest absolute Gasteiger partial charge is 0.263 e. The molecule has 0 radical (unpaired) electrons. The highest BCUT2D eigenvalue weighted by Gasteiger charge is 2.45. The minimum absolute atomic E-state index is 0.00325. The Morgan fingerprint density at radius 2 is 1.68 bits per heavy atom. The Bertz CT molecular complexity index is 1400. The fourth-order valence-corrected chi connectivity index (χ4v) is 7.41. The molecular formula is C31H42F2N8O3. The largest absolute Gasteiger partial charge is 0.381 e. The van der Waals surface area contributed by atoms with Crippen molar-refractivity contribution in [3.8, 4) is 0 Å². The minimum atomic E-state index is -1.18. The zero-order valence-electron chi connectivity index (χ0n) is 25.1. The lowest BCUT2D eigenvalue weighted by Gasteiger charge is -2.42. The average molecular weight is 613 g/mol. The van der Waals surface area contributed by atoms with Crippen LogP contribution in [-0.4, -0.2) is 68.7 Å². The lowest BCUT2D eigenvalue weighted by atomic mass is 9.80. The van der Waals surface area contributed by atoms with Gasteiger partial charge in [0.15, 0.2) is 11.6 Å². The first kappa shape index (κ1) is 30.3. The molecule has 0 aromatic carbocycles. The van der Waals surface area contributed by atoms with Gasteiger partial charge in [0.2, 0.25) is 11.8 Å². The van der Waals surface area contributed by atoms with Gasteiger partial charge in [-0.25, -0.2) is 13.5 Å². The zero-order valence-corrected chi connectivity index (χ0v) is 25.1. The SMILES string of the molecule is Nc1nn2c(c1C(=O)Nc1cncc(F)c1N1CCC(C(=O)N3CCCC3=O)CC1)NC1(CCCCCCCCC1)C(F)C2. The lowest BCUT2D eigenvalue weighted by molar-refractivity contribution is -0.145. The van der Waals surface area contributed by atoms with E-state index in [0.717, 1.165) is 44.7 Å². The Hall–Kier alpha value is -3.77. The third-order valence-electron chi connectivity index (χ3n) is 9.87. The lowest BCUT2D eigenvalue weighted by Crippen LogP contribution is -2.53. The maximum Gasteiger partial charge on any atom is 0.263 e. The molecular weight excluding hydrogens is 570 g/mol. The molecule has 2 aromatic heterocycles. The molecule has 44 heavy (non-hydrogen) atoms. The van der Waals surface area contributed by atoms with Gasteiger partial charge in [0.05, 0.1) is 30.2 Å². The van der Waals surface area contributed by atoms with Crippen LogP contribution in [0, 0.1) is 11.7 Å². The summed E-state index contributed by atoms with van der Waals surface area (Å²) in [5, 5.41) is 10.5. The number of hydrogen-bond donors (Lipinski definition) is 3. The van der Waals surface area contributed by atoms with Gasteiger partial charge in [-0.05, 0) is 32.1 Å². The van der Waals surface area contributed by atoms with E-state index in [2.05, 4.69) is 20.7 Å². The maximum atomic E-state index is 15.8. The first-order chi connectivity index (χ1) is 21.3. The topological polar surface area (TPSA) is 138 Å². The van der Waals surface area contributed by atoms with E-state index in [1.165, 1.54) is 22.2 Å². The Kier molecular flexibility index (Phi) is 8.73. The third-order valence-corrected chi connectivity index (χ3v) is 9.87. The fourth-order valence-electron chi connectivity index (χ4n) is 7.41. The first-order valence-corrected chi connectivity index (χ1v) is 16.1. The molecule has 3 aliphatic heterocycles. The van der Waals surface area contributed by atoms with Crippen LogP contribution < -0.4 is 21.3 Å². The van der Waals surface area contributed by atoms with E-state index in [0.29, 0.717) is 64.0 Å². The van der Waals surface area contributed by atoms with Crippen molar-refractivity contribution in [2.75, 3.05) is 40.9 Å². The van der Waals surface area contributed by atoms with Gasteiger partial charge in [-0.3, -0.25) is 24.3 Å². The van der Waals surface area contributed by atoms with Gasteiger partial charge in [-0.15, -0.1) is 0 Å². The van der Waals surface area contributed by atoms with E-state index in [1.807, 2.05) is 0 Å². The summed E-state index contributed by atoms with van der Waals surface area (Å²) in [7, 11) is 0. The Labute approximate surface area is 255 Å². The number of rotatable bonds is 4. The van der Waals surface area contributed by atoms with Crippen LogP contribution in [0.25, 0.3) is 0 Å². The number of hydrogen-bond acceptors (Lipinski definition) is 8. The molecule has 5 heterocycles. The van der Waals surface area contributed by atoms with Crippen molar-refractivity contribution in [3.05, 3.63) is 23.8 Å². The van der Waals surface area contributed by atoms with E-state index in [1.54, 1.807) is 4.90 Å². The summed E-state index contributed by atoms with van der Waals surface area (Å²) in [6.45, 7) is 1.20. The minimum Gasteiger partial charge on any atom is -0.381 e. The number of aromatic nitrogens is 3. The summed E-state index contributed by atoms with van der Waals surface area (Å²) in [4.78, 5) is 45.9. The normalized spacial score (nSPS) is 22.9. The maximum absolute atomic E-state index is 15.8. The number of anilines is 4. The number of fused-ring (bicyclic) bond motifs is 1. The highest BCUT2D eigenvalue weighted by atomic mass is 19.1. The number of nitrogens with zero attached hydrogens (tertiary/aromatic N) is 5. The van der Waals surface area contributed by atoms with E-state index >= 15 is 8.78 Å². The summed E-state index contributed by atoms with van der Waals surface area (Å²) < 4.78 is 32.5. The second-order valence-electron chi connectivity index (χ2n) is 12.7. The summed E-state index contributed by atoms with van der Waals surface area (Å²) in [6.07, 6.45) is 12.0. The summed E-state index contributed by atoms with van der Waals surface area (Å²) in [6, 6.07) is 0. The van der Waals surface area contributed by atoms with Gasteiger partial charge in [0, 0.05) is 32.0 Å². The number of amides is 3. The third kappa shape index (κ3) is 5.84. The number of halogens is 2. The van der Waals surface area contributed by atoms with E-state index in [-0.39, 0.29) is 47.0 Å². The predicted molar refractivity (Wildman–Crippen MR) is 162 cm³/mol. The van der Waals surface area contributed by atoms with Crippen LogP contribution in [0.5, 0.6) is 0 Å².